The minimum atomic E-state index is -0.593. The number of carbonyl (C=O) groups excluding carboxylic acids is 4. The first-order valence-electron chi connectivity index (χ1n) is 13.1. The summed E-state index contributed by atoms with van der Waals surface area (Å²) in [7, 11) is 0. The Morgan fingerprint density at radius 1 is 0.865 bits per heavy atom. The first-order chi connectivity index (χ1) is 17.8. The van der Waals surface area contributed by atoms with Gasteiger partial charge in [-0.1, -0.05) is 24.3 Å². The number of rotatable bonds is 4. The normalized spacial score (nSPS) is 33.1. The second kappa shape index (κ2) is 7.88. The van der Waals surface area contributed by atoms with Crippen LogP contribution in [0.1, 0.15) is 24.0 Å². The minimum Gasteiger partial charge on any atom is -0.426 e. The Kier molecular flexibility index (Phi) is 4.78. The van der Waals surface area contributed by atoms with E-state index in [-0.39, 0.29) is 60.1 Å². The molecule has 6 aliphatic rings. The standard InChI is InChI=1S/C30H28N2O5/c1-15-6-7-18(10-16(15)2)31-14-17(11-25(31)33)30(36)37-20-5-3-4-19(12-20)32-28(34)26-21-8-9-22(24-13-23(21)24)27(26)29(32)35/h3-10,12,17,21-24,26-27H,11,13-14H2,1-2H3/t17-,21+,22+,23-,24+,26-,27+/m1/s1. The van der Waals surface area contributed by atoms with Crippen LogP contribution in [0.15, 0.2) is 54.6 Å². The van der Waals surface area contributed by atoms with Gasteiger partial charge in [0.25, 0.3) is 0 Å². The van der Waals surface area contributed by atoms with Crippen molar-refractivity contribution in [2.75, 3.05) is 16.3 Å². The highest BCUT2D eigenvalue weighted by atomic mass is 16.5. The van der Waals surface area contributed by atoms with E-state index < -0.39 is 11.9 Å². The molecule has 0 radical (unpaired) electrons. The number of carbonyl (C=O) groups is 4. The molecule has 2 aliphatic heterocycles. The smallest absolute Gasteiger partial charge is 0.316 e. The monoisotopic (exact) mass is 496 g/mol. The predicted molar refractivity (Wildman–Crippen MR) is 136 cm³/mol. The number of nitrogens with zero attached hydrogens (tertiary/aromatic N) is 2. The van der Waals surface area contributed by atoms with Gasteiger partial charge in [0.2, 0.25) is 17.7 Å². The van der Waals surface area contributed by atoms with Gasteiger partial charge in [-0.3, -0.25) is 19.2 Å². The molecule has 2 bridgehead atoms. The molecule has 0 spiro atoms. The number of amides is 3. The maximum Gasteiger partial charge on any atom is 0.316 e. The zero-order valence-electron chi connectivity index (χ0n) is 20.8. The third-order valence-electron chi connectivity index (χ3n) is 9.22. The van der Waals surface area contributed by atoms with Crippen LogP contribution < -0.4 is 14.5 Å². The largest absolute Gasteiger partial charge is 0.426 e. The molecule has 0 unspecified atom stereocenters. The average Bonchev–Trinajstić information content (AvgIpc) is 3.56. The Labute approximate surface area is 215 Å². The molecule has 2 saturated carbocycles. The molecule has 37 heavy (non-hydrogen) atoms. The Hall–Kier alpha value is -3.74. The molecular weight excluding hydrogens is 468 g/mol. The van der Waals surface area contributed by atoms with E-state index >= 15 is 0 Å². The number of aryl methyl sites for hydroxylation is 2. The Bertz CT molecular complexity index is 1380. The average molecular weight is 497 g/mol. The van der Waals surface area contributed by atoms with Crippen LogP contribution in [0, 0.1) is 55.3 Å². The molecule has 0 aromatic heterocycles. The molecule has 3 amide bonds. The van der Waals surface area contributed by atoms with Crippen molar-refractivity contribution < 1.29 is 23.9 Å². The zero-order chi connectivity index (χ0) is 25.6. The number of benzene rings is 2. The SMILES string of the molecule is Cc1ccc(N2C[C@H](C(=O)Oc3cccc(N4C(=O)[C@@H]5[C@H]6C=C[C@@H]([C@@H]7C[C@H]67)[C@@H]5C4=O)c3)CC2=O)cc1C. The summed E-state index contributed by atoms with van der Waals surface area (Å²) in [5.41, 5.74) is 3.43. The van der Waals surface area contributed by atoms with Crippen LogP contribution >= 0.6 is 0 Å². The lowest BCUT2D eigenvalue weighted by molar-refractivity contribution is -0.139. The number of allylic oxidation sites excluding steroid dienone is 2. The molecule has 7 nitrogen and oxygen atoms in total. The number of esters is 1. The van der Waals surface area contributed by atoms with Crippen LogP contribution in [0.3, 0.4) is 0 Å². The van der Waals surface area contributed by atoms with Crippen molar-refractivity contribution in [1.29, 1.82) is 0 Å². The number of anilines is 2. The van der Waals surface area contributed by atoms with Gasteiger partial charge in [0.15, 0.2) is 0 Å². The van der Waals surface area contributed by atoms with Gasteiger partial charge in [-0.15, -0.1) is 0 Å². The highest BCUT2D eigenvalue weighted by Crippen LogP contribution is 2.65. The predicted octanol–water partition coefficient (Wildman–Crippen LogP) is 3.82. The summed E-state index contributed by atoms with van der Waals surface area (Å²) >= 11 is 0. The second-order valence-electron chi connectivity index (χ2n) is 11.3. The summed E-state index contributed by atoms with van der Waals surface area (Å²) in [6.07, 6.45) is 5.50. The van der Waals surface area contributed by atoms with Crippen LogP contribution in [-0.4, -0.2) is 30.2 Å². The van der Waals surface area contributed by atoms with Crippen molar-refractivity contribution in [2.24, 2.45) is 41.4 Å². The Morgan fingerprint density at radius 3 is 2.24 bits per heavy atom. The van der Waals surface area contributed by atoms with Gasteiger partial charge in [0, 0.05) is 24.7 Å². The van der Waals surface area contributed by atoms with E-state index in [1.165, 1.54) is 4.90 Å². The van der Waals surface area contributed by atoms with Crippen molar-refractivity contribution in [2.45, 2.75) is 26.7 Å². The molecule has 2 heterocycles. The third-order valence-corrected chi connectivity index (χ3v) is 9.22. The highest BCUT2D eigenvalue weighted by Gasteiger charge is 2.67. The fourth-order valence-electron chi connectivity index (χ4n) is 7.11. The lowest BCUT2D eigenvalue weighted by Crippen LogP contribution is -2.40. The van der Waals surface area contributed by atoms with Gasteiger partial charge in [0.05, 0.1) is 23.4 Å². The van der Waals surface area contributed by atoms with Crippen molar-refractivity contribution in [1.82, 2.24) is 0 Å². The first-order valence-corrected chi connectivity index (χ1v) is 13.1. The number of ether oxygens (including phenoxy) is 1. The molecule has 2 saturated heterocycles. The van der Waals surface area contributed by atoms with Crippen molar-refractivity contribution in [3.63, 3.8) is 0 Å². The van der Waals surface area contributed by atoms with E-state index in [1.54, 1.807) is 29.2 Å². The van der Waals surface area contributed by atoms with Gasteiger partial charge >= 0.3 is 5.97 Å². The number of hydrogen-bond acceptors (Lipinski definition) is 5. The van der Waals surface area contributed by atoms with E-state index in [0.29, 0.717) is 17.5 Å². The molecule has 4 fully saturated rings. The highest BCUT2D eigenvalue weighted by molar-refractivity contribution is 6.22. The first kappa shape index (κ1) is 22.5. The van der Waals surface area contributed by atoms with Gasteiger partial charge in [-0.05, 0) is 79.3 Å². The molecule has 2 aromatic carbocycles. The summed E-state index contributed by atoms with van der Waals surface area (Å²) in [4.78, 5) is 55.4. The van der Waals surface area contributed by atoms with E-state index in [9.17, 15) is 19.2 Å². The molecule has 188 valence electrons. The molecule has 7 atom stereocenters. The zero-order valence-corrected chi connectivity index (χ0v) is 20.8. The molecular formula is C30H28N2O5. The maximum atomic E-state index is 13.4. The lowest BCUT2D eigenvalue weighted by atomic mass is 9.63. The van der Waals surface area contributed by atoms with E-state index in [4.69, 9.17) is 4.74 Å². The summed E-state index contributed by atoms with van der Waals surface area (Å²) in [6, 6.07) is 12.4. The number of hydrogen-bond donors (Lipinski definition) is 0. The van der Waals surface area contributed by atoms with Crippen LogP contribution in [-0.2, 0) is 19.2 Å². The quantitative estimate of drug-likeness (QED) is 0.278. The van der Waals surface area contributed by atoms with Crippen molar-refractivity contribution in [3.8, 4) is 5.75 Å². The van der Waals surface area contributed by atoms with Gasteiger partial charge in [0.1, 0.15) is 5.75 Å². The topological polar surface area (TPSA) is 84.0 Å². The van der Waals surface area contributed by atoms with Crippen LogP contribution in [0.25, 0.3) is 0 Å². The maximum absolute atomic E-state index is 13.4. The fourth-order valence-corrected chi connectivity index (χ4v) is 7.11. The van der Waals surface area contributed by atoms with Crippen LogP contribution in [0.2, 0.25) is 0 Å². The Morgan fingerprint density at radius 2 is 1.57 bits per heavy atom. The van der Waals surface area contributed by atoms with E-state index in [1.807, 2.05) is 32.0 Å². The number of imide groups is 1. The summed E-state index contributed by atoms with van der Waals surface area (Å²) in [5.74, 6) is -0.397. The van der Waals surface area contributed by atoms with Crippen molar-refractivity contribution in [3.05, 3.63) is 65.7 Å². The van der Waals surface area contributed by atoms with Gasteiger partial charge < -0.3 is 9.64 Å². The van der Waals surface area contributed by atoms with Crippen LogP contribution in [0.5, 0.6) is 5.75 Å². The van der Waals surface area contributed by atoms with Crippen molar-refractivity contribution >= 4 is 35.1 Å². The molecule has 2 aromatic rings. The van der Waals surface area contributed by atoms with Gasteiger partial charge in [-0.25, -0.2) is 4.90 Å². The second-order valence-corrected chi connectivity index (χ2v) is 11.3. The lowest BCUT2D eigenvalue weighted by Gasteiger charge is -2.37. The van der Waals surface area contributed by atoms with E-state index in [0.717, 1.165) is 23.2 Å². The summed E-state index contributed by atoms with van der Waals surface area (Å²) < 4.78 is 5.66. The van der Waals surface area contributed by atoms with Crippen LogP contribution in [0.4, 0.5) is 11.4 Å². The minimum absolute atomic E-state index is 0.0794. The molecule has 8 rings (SSSR count). The Balaban J connectivity index is 1.07. The summed E-state index contributed by atoms with van der Waals surface area (Å²) in [6.45, 7) is 4.26. The third kappa shape index (κ3) is 3.32. The van der Waals surface area contributed by atoms with Gasteiger partial charge in [-0.2, -0.15) is 0 Å². The van der Waals surface area contributed by atoms with E-state index in [2.05, 4.69) is 12.2 Å². The molecule has 4 aliphatic carbocycles. The molecule has 7 heteroatoms. The fraction of sp³-hybridized carbons (Fsp3) is 0.400. The summed E-state index contributed by atoms with van der Waals surface area (Å²) in [5, 5.41) is 0. The molecule has 0 N–H and O–H groups in total.